The fraction of sp³-hybridized carbons (Fsp3) is 0. The van der Waals surface area contributed by atoms with E-state index in [9.17, 15) is 0 Å². The van der Waals surface area contributed by atoms with Crippen LogP contribution in [0.15, 0.2) is 276 Å². The van der Waals surface area contributed by atoms with Crippen LogP contribution in [0.2, 0.25) is 0 Å². The number of halogens is 2. The van der Waals surface area contributed by atoms with Crippen molar-refractivity contribution < 1.29 is 11.0 Å². The number of benzene rings is 10. The first-order valence-electron chi connectivity index (χ1n) is 24.6. The third-order valence-corrected chi connectivity index (χ3v) is 11.4. The van der Waals surface area contributed by atoms with E-state index in [2.05, 4.69) is 85.3 Å². The minimum absolute atomic E-state index is 0.0423. The van der Waals surface area contributed by atoms with E-state index in [0.717, 1.165) is 55.2 Å². The molecule has 308 valence electrons. The summed E-state index contributed by atoms with van der Waals surface area (Å²) in [4.78, 5) is 4.00. The zero-order valence-electron chi connectivity index (χ0n) is 42.4. The van der Waals surface area contributed by atoms with E-state index in [1.807, 2.05) is 170 Å². The summed E-state index contributed by atoms with van der Waals surface area (Å²) in [5.41, 5.74) is 10.9. The Kier molecular flexibility index (Phi) is 10.6. The van der Waals surface area contributed by atoms with Gasteiger partial charge in [-0.25, -0.2) is 0 Å². The van der Waals surface area contributed by atoms with Crippen molar-refractivity contribution in [3.05, 3.63) is 276 Å². The molecule has 0 unspecified atom stereocenters. The van der Waals surface area contributed by atoms with Crippen molar-refractivity contribution in [2.45, 2.75) is 0 Å². The average Bonchev–Trinajstić information content (AvgIpc) is 3.43. The van der Waals surface area contributed by atoms with Gasteiger partial charge in [-0.2, -0.15) is 0 Å². The summed E-state index contributed by atoms with van der Waals surface area (Å²) < 4.78 is 69.5. The molecule has 10 aromatic rings. The summed E-state index contributed by atoms with van der Waals surface area (Å²) in [7, 11) is 0. The van der Waals surface area contributed by atoms with Crippen LogP contribution < -0.4 is 9.80 Å². The van der Waals surface area contributed by atoms with Gasteiger partial charge in [0.15, 0.2) is 0 Å². The van der Waals surface area contributed by atoms with Crippen molar-refractivity contribution in [3.63, 3.8) is 0 Å². The first-order chi connectivity index (χ1) is 34.9. The molecule has 0 aromatic heterocycles. The molecule has 0 saturated heterocycles. The fourth-order valence-corrected chi connectivity index (χ4v) is 7.73. The van der Waals surface area contributed by atoms with Gasteiger partial charge in [0.05, 0.1) is 11.0 Å². The van der Waals surface area contributed by atoms with Crippen molar-refractivity contribution >= 4 is 66.0 Å². The Hall–Kier alpha value is -7.24. The second kappa shape index (κ2) is 20.3. The third-order valence-electron chi connectivity index (χ3n) is 10.5. The lowest BCUT2D eigenvalue weighted by molar-refractivity contribution is 1.28. The number of nitrogens with zero attached hydrogens (tertiary/aromatic N) is 2. The Morgan fingerprint density at radius 2 is 0.469 bits per heavy atom. The smallest absolute Gasteiger partial charge is 0.0645 e. The van der Waals surface area contributed by atoms with Crippen molar-refractivity contribution in [2.75, 3.05) is 9.80 Å². The van der Waals surface area contributed by atoms with Crippen molar-refractivity contribution in [1.29, 1.82) is 0 Å². The van der Waals surface area contributed by atoms with Gasteiger partial charge in [-0.15, -0.1) is 0 Å². The molecule has 0 fully saturated rings. The summed E-state index contributed by atoms with van der Waals surface area (Å²) in [5.74, 6) is 0. The van der Waals surface area contributed by atoms with Crippen molar-refractivity contribution in [2.24, 2.45) is 0 Å². The van der Waals surface area contributed by atoms with E-state index in [4.69, 9.17) is 11.0 Å². The van der Waals surface area contributed by atoms with Gasteiger partial charge in [0.25, 0.3) is 0 Å². The second-order valence-corrected chi connectivity index (χ2v) is 16.3. The third kappa shape index (κ3) is 10.2. The highest BCUT2D eigenvalue weighted by atomic mass is 79.9. The molecule has 0 heterocycles. The fourth-order valence-electron chi connectivity index (χ4n) is 7.27. The summed E-state index contributed by atoms with van der Waals surface area (Å²) >= 11 is 6.53. The van der Waals surface area contributed by atoms with Crippen LogP contribution in [-0.4, -0.2) is 0 Å². The maximum absolute atomic E-state index is 9.07. The molecule has 0 amide bonds. The maximum Gasteiger partial charge on any atom is 0.0645 e. The van der Waals surface area contributed by atoms with Crippen molar-refractivity contribution in [1.82, 2.24) is 0 Å². The lowest BCUT2D eigenvalue weighted by atomic mass is 9.99. The maximum atomic E-state index is 9.07. The number of hydrogen-bond donors (Lipinski definition) is 0. The van der Waals surface area contributed by atoms with Gasteiger partial charge < -0.3 is 9.80 Å². The van der Waals surface area contributed by atoms with E-state index in [1.165, 1.54) is 0 Å². The summed E-state index contributed by atoms with van der Waals surface area (Å²) in [5, 5.41) is 0. The van der Waals surface area contributed by atoms with E-state index in [-0.39, 0.29) is 64.1 Å². The molecule has 2 nitrogen and oxygen atoms in total. The van der Waals surface area contributed by atoms with Gasteiger partial charge in [0.1, 0.15) is 0 Å². The minimum Gasteiger partial charge on any atom is -0.311 e. The Morgan fingerprint density at radius 1 is 0.219 bits per heavy atom. The van der Waals surface area contributed by atoms with Crippen LogP contribution in [0.1, 0.15) is 11.0 Å². The first kappa shape index (κ1) is 33.3. The number of para-hydroxylation sites is 4. The summed E-state index contributed by atoms with van der Waals surface area (Å²) in [6, 6.07) is 70.6. The predicted molar refractivity (Wildman–Crippen MR) is 279 cm³/mol. The normalized spacial score (nSPS) is 12.4. The zero-order valence-corrected chi connectivity index (χ0v) is 37.6. The highest BCUT2D eigenvalue weighted by Crippen LogP contribution is 2.38. The van der Waals surface area contributed by atoms with Crippen LogP contribution in [0.4, 0.5) is 34.1 Å². The lowest BCUT2D eigenvalue weighted by Crippen LogP contribution is -2.09. The van der Waals surface area contributed by atoms with Crippen LogP contribution in [0, 0.1) is 0 Å². The van der Waals surface area contributed by atoms with Crippen LogP contribution in [-0.2, 0) is 0 Å². The second-order valence-electron chi connectivity index (χ2n) is 14.6. The van der Waals surface area contributed by atoms with Gasteiger partial charge in [-0.1, -0.05) is 202 Å². The lowest BCUT2D eigenvalue weighted by Gasteiger charge is -2.25. The minimum atomic E-state index is -0.0974. The Balaban J connectivity index is 0.000000223. The molecule has 0 aliphatic heterocycles. The molecule has 64 heavy (non-hydrogen) atoms. The first-order valence-corrected chi connectivity index (χ1v) is 22.2. The Bertz CT molecular complexity index is 3340. The molecule has 4 heteroatoms. The molecule has 10 aromatic carbocycles. The zero-order chi connectivity index (χ0) is 50.5. The molecule has 0 bridgehead atoms. The van der Waals surface area contributed by atoms with Gasteiger partial charge in [-0.05, 0) is 141 Å². The van der Waals surface area contributed by atoms with E-state index >= 15 is 0 Å². The van der Waals surface area contributed by atoms with Gasteiger partial charge in [-0.3, -0.25) is 0 Å². The monoisotopic (exact) mass is 958 g/mol. The molecule has 0 radical (unpaired) electrons. The number of hydrogen-bond acceptors (Lipinski definition) is 2. The van der Waals surface area contributed by atoms with Gasteiger partial charge >= 0.3 is 0 Å². The highest BCUT2D eigenvalue weighted by Gasteiger charge is 2.14. The molecule has 0 N–H and O–H groups in total. The Morgan fingerprint density at radius 3 is 0.812 bits per heavy atom. The molecule has 0 aliphatic carbocycles. The van der Waals surface area contributed by atoms with Gasteiger partial charge in [0.2, 0.25) is 0 Å². The van der Waals surface area contributed by atoms with Crippen LogP contribution in [0.5, 0.6) is 0 Å². The molecular formula is C60H44Br2N2. The SMILES string of the molecule is [2H]c1c([2H])c(-c2ccc(-c3ccc(Br)cc3)cc2)c([2H])c([2H])c1Br.[2H]c1c([2H])c(N(c2ccccc2)c2ccccc2)c([2H])c([2H])c1-c1ccc(-c2ccc(N(c3ccccc3)c3ccccc3)cc2)cc1. The number of rotatable bonds is 10. The predicted octanol–water partition coefficient (Wildman–Crippen LogP) is 18.5. The standard InChI is InChI=1S/C42H32N2.C18H12Br2/c1-5-13-37(14-6-1)43(38-15-7-2-8-16-38)41-29-25-35(26-30-41)33-21-23-34(24-22-33)36-27-31-42(32-28-36)44(39-17-9-3-10-18-39)40-19-11-4-12-20-40;19-17-9-5-15(6-10-17)13-1-2-14(4-3-13)16-7-11-18(20)12-8-16/h1-32H;1-12H/i25D,26D,29D,30D;5D,6D,9D,10D. The summed E-state index contributed by atoms with van der Waals surface area (Å²) in [6.45, 7) is 0. The molecule has 0 spiro atoms. The van der Waals surface area contributed by atoms with Gasteiger partial charge in [0, 0.05) is 43.1 Å². The average molecular weight is 961 g/mol. The van der Waals surface area contributed by atoms with E-state index in [0.29, 0.717) is 16.7 Å². The quantitative estimate of drug-likeness (QED) is 0.135. The molecule has 0 aliphatic rings. The van der Waals surface area contributed by atoms with E-state index < -0.39 is 0 Å². The van der Waals surface area contributed by atoms with Crippen molar-refractivity contribution in [3.8, 4) is 44.5 Å². The number of anilines is 6. The van der Waals surface area contributed by atoms with Crippen LogP contribution in [0.3, 0.4) is 0 Å². The molecule has 10 rings (SSSR count). The van der Waals surface area contributed by atoms with E-state index in [1.54, 1.807) is 4.90 Å². The molecular weight excluding hydrogens is 908 g/mol. The highest BCUT2D eigenvalue weighted by molar-refractivity contribution is 9.10. The molecule has 0 atom stereocenters. The van der Waals surface area contributed by atoms with Crippen LogP contribution >= 0.6 is 31.9 Å². The molecule has 0 saturated carbocycles. The summed E-state index contributed by atoms with van der Waals surface area (Å²) in [6.07, 6.45) is 0. The van der Waals surface area contributed by atoms with Crippen LogP contribution in [0.25, 0.3) is 44.5 Å². The topological polar surface area (TPSA) is 6.48 Å². The largest absolute Gasteiger partial charge is 0.311 e. The Labute approximate surface area is 404 Å².